The molecule has 17 rings (SSSR count). The van der Waals surface area contributed by atoms with Crippen LogP contribution in [0.15, 0.2) is 297 Å². The maximum absolute atomic E-state index is 2.57. The van der Waals surface area contributed by atoms with Gasteiger partial charge >= 0.3 is 0 Å². The lowest BCUT2D eigenvalue weighted by Crippen LogP contribution is -2.61. The van der Waals surface area contributed by atoms with Gasteiger partial charge in [0.25, 0.3) is 6.71 Å². The molecule has 4 nitrogen and oxygen atoms in total. The first-order chi connectivity index (χ1) is 44.5. The minimum Gasteiger partial charge on any atom is -0.311 e. The fourth-order valence-electron chi connectivity index (χ4n) is 15.1. The van der Waals surface area contributed by atoms with Gasteiger partial charge in [0.15, 0.2) is 0 Å². The van der Waals surface area contributed by atoms with Gasteiger partial charge in [0.05, 0.1) is 33.4 Å². The van der Waals surface area contributed by atoms with Crippen LogP contribution in [0, 0.1) is 0 Å². The summed E-state index contributed by atoms with van der Waals surface area (Å²) in [6.07, 6.45) is 0. The van der Waals surface area contributed by atoms with Crippen molar-refractivity contribution < 1.29 is 0 Å². The van der Waals surface area contributed by atoms with Gasteiger partial charge in [0, 0.05) is 77.9 Å². The highest BCUT2D eigenvalue weighted by atomic mass is 15.2. The minimum absolute atomic E-state index is 0.0304. The van der Waals surface area contributed by atoms with Crippen molar-refractivity contribution in [1.82, 2.24) is 9.13 Å². The van der Waals surface area contributed by atoms with E-state index in [0.717, 1.165) is 45.5 Å². The van der Waals surface area contributed by atoms with E-state index in [2.05, 4.69) is 358 Å². The highest BCUT2D eigenvalue weighted by Crippen LogP contribution is 2.50. The molecule has 0 amide bonds. The molecule has 0 unspecified atom stereocenters. The van der Waals surface area contributed by atoms with Crippen LogP contribution >= 0.6 is 0 Å². The third kappa shape index (κ3) is 8.66. The average molecular weight is 1170 g/mol. The molecule has 15 aromatic rings. The second kappa shape index (κ2) is 20.9. The molecule has 0 atom stereocenters. The highest BCUT2D eigenvalue weighted by molar-refractivity contribution is 7.00. The van der Waals surface area contributed by atoms with Crippen LogP contribution in [-0.4, -0.2) is 15.8 Å². The van der Waals surface area contributed by atoms with Crippen LogP contribution in [0.5, 0.6) is 0 Å². The Morgan fingerprint density at radius 2 is 0.604 bits per heavy atom. The van der Waals surface area contributed by atoms with Gasteiger partial charge in [-0.2, -0.15) is 0 Å². The Bertz CT molecular complexity index is 5040. The molecule has 5 heteroatoms. The fourth-order valence-corrected chi connectivity index (χ4v) is 15.1. The Hall–Kier alpha value is -10.9. The van der Waals surface area contributed by atoms with E-state index >= 15 is 0 Å². The number of para-hydroxylation sites is 6. The molecule has 2 aliphatic heterocycles. The predicted molar refractivity (Wildman–Crippen MR) is 388 cm³/mol. The quantitative estimate of drug-likeness (QED) is 0.141. The Balaban J connectivity index is 0.976. The first kappa shape index (κ1) is 54.3. The molecule has 2 aliphatic rings. The lowest BCUT2D eigenvalue weighted by molar-refractivity contribution is 0.590. The van der Waals surface area contributed by atoms with E-state index < -0.39 is 0 Å². The molecular weight excluding hydrogens is 1100 g/mol. The van der Waals surface area contributed by atoms with Gasteiger partial charge in [-0.15, -0.1) is 0 Å². The van der Waals surface area contributed by atoms with Crippen LogP contribution in [0.1, 0.15) is 52.7 Å². The molecule has 2 aromatic heterocycles. The van der Waals surface area contributed by atoms with Crippen molar-refractivity contribution in [1.29, 1.82) is 0 Å². The maximum atomic E-state index is 2.57. The molecule has 0 radical (unpaired) electrons. The molecule has 0 spiro atoms. The van der Waals surface area contributed by atoms with Crippen LogP contribution in [-0.2, 0) is 10.8 Å². The second-order valence-electron chi connectivity index (χ2n) is 26.8. The van der Waals surface area contributed by atoms with Crippen LogP contribution in [0.3, 0.4) is 0 Å². The van der Waals surface area contributed by atoms with Gasteiger partial charge < -0.3 is 18.9 Å². The van der Waals surface area contributed by atoms with Gasteiger partial charge in [0.1, 0.15) is 0 Å². The largest absolute Gasteiger partial charge is 0.311 e. The van der Waals surface area contributed by atoms with Crippen molar-refractivity contribution in [3.63, 3.8) is 0 Å². The van der Waals surface area contributed by atoms with E-state index in [-0.39, 0.29) is 17.5 Å². The third-order valence-electron chi connectivity index (χ3n) is 19.4. The Morgan fingerprint density at radius 1 is 0.264 bits per heavy atom. The summed E-state index contributed by atoms with van der Waals surface area (Å²) in [5.41, 5.74) is 29.7. The first-order valence-electron chi connectivity index (χ1n) is 32.0. The van der Waals surface area contributed by atoms with Crippen LogP contribution in [0.4, 0.5) is 34.1 Å². The molecule has 0 bridgehead atoms. The van der Waals surface area contributed by atoms with E-state index in [1.807, 2.05) is 0 Å². The van der Waals surface area contributed by atoms with Crippen LogP contribution in [0.2, 0.25) is 0 Å². The highest BCUT2D eigenvalue weighted by Gasteiger charge is 2.44. The number of fused-ring (bicyclic) bond motifs is 10. The summed E-state index contributed by atoms with van der Waals surface area (Å²) in [5, 5.41) is 4.91. The topological polar surface area (TPSA) is 16.3 Å². The van der Waals surface area contributed by atoms with Gasteiger partial charge in [-0.25, -0.2) is 0 Å². The number of hydrogen-bond acceptors (Lipinski definition) is 2. The fraction of sp³-hybridized carbons (Fsp3) is 0.0930. The lowest BCUT2D eigenvalue weighted by Gasteiger charge is -2.45. The molecule has 91 heavy (non-hydrogen) atoms. The number of benzene rings is 13. The minimum atomic E-state index is -0.216. The molecule has 0 N–H and O–H groups in total. The van der Waals surface area contributed by atoms with E-state index in [1.165, 1.54) is 116 Å². The van der Waals surface area contributed by atoms with E-state index in [4.69, 9.17) is 0 Å². The van der Waals surface area contributed by atoms with Gasteiger partial charge in [-0.3, -0.25) is 0 Å². The van der Waals surface area contributed by atoms with Crippen LogP contribution in [0.25, 0.3) is 99.5 Å². The number of anilines is 6. The average Bonchev–Trinajstić information content (AvgIpc) is 1.09. The molecule has 4 heterocycles. The van der Waals surface area contributed by atoms with Crippen LogP contribution < -0.4 is 26.2 Å². The molecule has 0 saturated heterocycles. The SMILES string of the molecule is CC(C)(C)c1ccc(-c2cccc3c4ccccc4n(-c4ccc5c(c4)B4c6cc(-n7c8ccccc8c8cccc(-c9ccc(C(C)(C)C)cc9)c87)ccc6N(c6ccccc6-c6ccccc6)c6cccc(c64)N5c4ccccc4-c4ccccc4)c23)cc1. The number of rotatable bonds is 8. The third-order valence-corrected chi connectivity index (χ3v) is 19.4. The summed E-state index contributed by atoms with van der Waals surface area (Å²) in [6.45, 7) is 13.5. The molecule has 13 aromatic carbocycles. The lowest BCUT2D eigenvalue weighted by atomic mass is 9.33. The smallest absolute Gasteiger partial charge is 0.252 e. The van der Waals surface area contributed by atoms with Crippen molar-refractivity contribution >= 4 is 101 Å². The summed E-state index contributed by atoms with van der Waals surface area (Å²) in [7, 11) is 0. The number of aromatic nitrogens is 2. The van der Waals surface area contributed by atoms with Crippen molar-refractivity contribution in [3.05, 3.63) is 308 Å². The summed E-state index contributed by atoms with van der Waals surface area (Å²) in [5.74, 6) is 0. The Kier molecular flexibility index (Phi) is 12.5. The molecule has 0 saturated carbocycles. The van der Waals surface area contributed by atoms with Gasteiger partial charge in [-0.05, 0) is 133 Å². The number of nitrogens with zero attached hydrogens (tertiary/aromatic N) is 4. The molecule has 434 valence electrons. The summed E-state index contributed by atoms with van der Waals surface area (Å²) < 4.78 is 5.11. The Labute approximate surface area is 533 Å². The molecule has 0 aliphatic carbocycles. The summed E-state index contributed by atoms with van der Waals surface area (Å²) in [4.78, 5) is 5.15. The van der Waals surface area contributed by atoms with Crippen molar-refractivity contribution in [3.8, 4) is 55.9 Å². The number of hydrogen-bond donors (Lipinski definition) is 0. The standard InChI is InChI=1S/C86H67BN4/c1-85(2,3)60-46-42-58(43-47-60)66-32-21-34-70-68-30-15-19-38-76(68)88(83(66)70)62-50-52-78-72(54-62)87-73-55-63(89-77-39-20-16-31-69(77)71-35-22-33-67(84(71)89)59-44-48-61(49-45-59)86(4,5)6)51-53-79(73)91(75-37-18-14-29-65(75)57-26-11-8-12-27-57)81-41-23-40-80(82(81)87)90(78)74-36-17-13-28-64(74)56-24-9-7-10-25-56/h7-55H,1-6H3. The Morgan fingerprint density at radius 3 is 1.03 bits per heavy atom. The zero-order valence-corrected chi connectivity index (χ0v) is 52.2. The summed E-state index contributed by atoms with van der Waals surface area (Å²) in [6, 6.07) is 112. The predicted octanol–water partition coefficient (Wildman–Crippen LogP) is 21.2. The molecular formula is C86H67BN4. The van der Waals surface area contributed by atoms with E-state index in [0.29, 0.717) is 0 Å². The first-order valence-corrected chi connectivity index (χ1v) is 32.0. The van der Waals surface area contributed by atoms with Crippen molar-refractivity contribution in [2.24, 2.45) is 0 Å². The second-order valence-corrected chi connectivity index (χ2v) is 26.8. The zero-order chi connectivity index (χ0) is 61.3. The van der Waals surface area contributed by atoms with E-state index in [1.54, 1.807) is 0 Å². The van der Waals surface area contributed by atoms with Crippen molar-refractivity contribution in [2.75, 3.05) is 9.80 Å². The monoisotopic (exact) mass is 1170 g/mol. The maximum Gasteiger partial charge on any atom is 0.252 e. The van der Waals surface area contributed by atoms with Crippen molar-refractivity contribution in [2.45, 2.75) is 52.4 Å². The zero-order valence-electron chi connectivity index (χ0n) is 52.2. The van der Waals surface area contributed by atoms with E-state index in [9.17, 15) is 0 Å². The van der Waals surface area contributed by atoms with Gasteiger partial charge in [0.2, 0.25) is 0 Å². The van der Waals surface area contributed by atoms with Gasteiger partial charge in [-0.1, -0.05) is 266 Å². The normalized spacial score (nSPS) is 12.9. The molecule has 0 fully saturated rings. The summed E-state index contributed by atoms with van der Waals surface area (Å²) >= 11 is 0.